The molecule has 5 heteroatoms. The van der Waals surface area contributed by atoms with Crippen LogP contribution in [0.2, 0.25) is 5.02 Å². The molecule has 0 unspecified atom stereocenters. The van der Waals surface area contributed by atoms with Crippen LogP contribution in [0.1, 0.15) is 24.1 Å². The summed E-state index contributed by atoms with van der Waals surface area (Å²) >= 11 is 5.95. The molecular formula is C13H15ClN4. The summed E-state index contributed by atoms with van der Waals surface area (Å²) in [6, 6.07) is 8.51. The van der Waals surface area contributed by atoms with E-state index in [1.54, 1.807) is 0 Å². The molecule has 2 aromatic rings. The van der Waals surface area contributed by atoms with Crippen molar-refractivity contribution in [1.29, 1.82) is 0 Å². The maximum atomic E-state index is 5.95. The van der Waals surface area contributed by atoms with Gasteiger partial charge in [0.25, 0.3) is 0 Å². The number of aromatic nitrogens is 3. The number of nitrogens with one attached hydrogen (secondary N) is 1. The molecule has 0 atom stereocenters. The Morgan fingerprint density at radius 3 is 3.06 bits per heavy atom. The summed E-state index contributed by atoms with van der Waals surface area (Å²) in [4.78, 5) is 0. The highest BCUT2D eigenvalue weighted by Crippen LogP contribution is 2.19. The highest BCUT2D eigenvalue weighted by Gasteiger charge is 2.20. The zero-order valence-corrected chi connectivity index (χ0v) is 10.8. The van der Waals surface area contributed by atoms with Crippen molar-refractivity contribution in [3.8, 4) is 0 Å². The first-order chi connectivity index (χ1) is 8.79. The molecule has 0 spiro atoms. The Labute approximate surface area is 111 Å². The van der Waals surface area contributed by atoms with Crippen LogP contribution in [0.4, 0.5) is 0 Å². The highest BCUT2D eigenvalue weighted by atomic mass is 35.5. The molecule has 0 radical (unpaired) electrons. The van der Waals surface area contributed by atoms with Gasteiger partial charge in [0.2, 0.25) is 0 Å². The van der Waals surface area contributed by atoms with Crippen LogP contribution in [0.5, 0.6) is 0 Å². The third kappa shape index (κ3) is 3.09. The van der Waals surface area contributed by atoms with Crippen LogP contribution in [0, 0.1) is 0 Å². The molecule has 94 valence electrons. The second kappa shape index (κ2) is 5.08. The number of hydrogen-bond acceptors (Lipinski definition) is 3. The van der Waals surface area contributed by atoms with E-state index in [0.29, 0.717) is 12.6 Å². The Morgan fingerprint density at radius 1 is 1.39 bits per heavy atom. The topological polar surface area (TPSA) is 42.7 Å². The van der Waals surface area contributed by atoms with E-state index in [-0.39, 0.29) is 0 Å². The third-order valence-electron chi connectivity index (χ3n) is 2.97. The quantitative estimate of drug-likeness (QED) is 0.899. The number of benzene rings is 1. The minimum Gasteiger partial charge on any atom is -0.308 e. The molecule has 1 aromatic heterocycles. The van der Waals surface area contributed by atoms with Crippen LogP contribution < -0.4 is 5.32 Å². The number of hydrogen-bond donors (Lipinski definition) is 1. The number of halogens is 1. The van der Waals surface area contributed by atoms with Crippen molar-refractivity contribution >= 4 is 11.6 Å². The van der Waals surface area contributed by atoms with Gasteiger partial charge in [-0.2, -0.15) is 0 Å². The van der Waals surface area contributed by atoms with Crippen LogP contribution in [0.25, 0.3) is 0 Å². The lowest BCUT2D eigenvalue weighted by Crippen LogP contribution is -2.15. The highest BCUT2D eigenvalue weighted by molar-refractivity contribution is 6.30. The largest absolute Gasteiger partial charge is 0.308 e. The van der Waals surface area contributed by atoms with Gasteiger partial charge in [-0.3, -0.25) is 0 Å². The first kappa shape index (κ1) is 11.7. The van der Waals surface area contributed by atoms with Gasteiger partial charge in [-0.05, 0) is 30.5 Å². The Hall–Kier alpha value is -1.39. The molecule has 1 saturated carbocycles. The van der Waals surface area contributed by atoms with E-state index in [4.69, 9.17) is 11.6 Å². The van der Waals surface area contributed by atoms with Crippen molar-refractivity contribution in [3.63, 3.8) is 0 Å². The SMILES string of the molecule is Clc1cccc(Cn2cc(CNC3CC3)nn2)c1. The van der Waals surface area contributed by atoms with Gasteiger partial charge in [0.05, 0.1) is 18.4 Å². The molecule has 1 fully saturated rings. The zero-order valence-electron chi connectivity index (χ0n) is 10.0. The van der Waals surface area contributed by atoms with E-state index >= 15 is 0 Å². The Morgan fingerprint density at radius 2 is 2.28 bits per heavy atom. The summed E-state index contributed by atoms with van der Waals surface area (Å²) in [5, 5.41) is 12.5. The molecule has 0 aliphatic heterocycles. The second-order valence-corrected chi connectivity index (χ2v) is 5.13. The predicted molar refractivity (Wildman–Crippen MR) is 70.4 cm³/mol. The standard InChI is InChI=1S/C13H15ClN4/c14-11-3-1-2-10(6-11)8-18-9-13(16-17-18)7-15-12-4-5-12/h1-3,6,9,12,15H,4-5,7-8H2. The lowest BCUT2D eigenvalue weighted by Gasteiger charge is -2.01. The second-order valence-electron chi connectivity index (χ2n) is 4.69. The fourth-order valence-electron chi connectivity index (χ4n) is 1.86. The molecule has 1 aliphatic rings. The van der Waals surface area contributed by atoms with Crippen LogP contribution >= 0.6 is 11.6 Å². The van der Waals surface area contributed by atoms with Gasteiger partial charge in [-0.1, -0.05) is 28.9 Å². The molecule has 1 heterocycles. The fraction of sp³-hybridized carbons (Fsp3) is 0.385. The van der Waals surface area contributed by atoms with Gasteiger partial charge in [-0.25, -0.2) is 4.68 Å². The average Bonchev–Trinajstić information content (AvgIpc) is 3.08. The van der Waals surface area contributed by atoms with E-state index in [9.17, 15) is 0 Å². The molecule has 1 aliphatic carbocycles. The van der Waals surface area contributed by atoms with Gasteiger partial charge in [0, 0.05) is 17.6 Å². The zero-order chi connectivity index (χ0) is 12.4. The molecule has 0 amide bonds. The molecule has 0 saturated heterocycles. The van der Waals surface area contributed by atoms with E-state index in [0.717, 1.165) is 22.8 Å². The minimum absolute atomic E-state index is 0.697. The molecule has 3 rings (SSSR count). The summed E-state index contributed by atoms with van der Waals surface area (Å²) in [5.41, 5.74) is 2.12. The first-order valence-electron chi connectivity index (χ1n) is 6.16. The van der Waals surface area contributed by atoms with E-state index in [2.05, 4.69) is 15.6 Å². The smallest absolute Gasteiger partial charge is 0.0965 e. The Kier molecular flexibility index (Phi) is 3.30. The Balaban J connectivity index is 1.61. The normalized spacial score (nSPS) is 14.9. The van der Waals surface area contributed by atoms with Crippen LogP contribution in [-0.4, -0.2) is 21.0 Å². The summed E-state index contributed by atoms with van der Waals surface area (Å²) in [5.74, 6) is 0. The predicted octanol–water partition coefficient (Wildman–Crippen LogP) is 2.23. The molecule has 18 heavy (non-hydrogen) atoms. The molecular weight excluding hydrogens is 248 g/mol. The van der Waals surface area contributed by atoms with E-state index in [1.165, 1.54) is 12.8 Å². The van der Waals surface area contributed by atoms with E-state index < -0.39 is 0 Å². The van der Waals surface area contributed by atoms with Gasteiger partial charge in [-0.15, -0.1) is 5.10 Å². The van der Waals surface area contributed by atoms with Crippen molar-refractivity contribution in [3.05, 3.63) is 46.7 Å². The molecule has 0 bridgehead atoms. The number of nitrogens with zero attached hydrogens (tertiary/aromatic N) is 3. The fourth-order valence-corrected chi connectivity index (χ4v) is 2.07. The van der Waals surface area contributed by atoms with Gasteiger partial charge >= 0.3 is 0 Å². The van der Waals surface area contributed by atoms with Crippen LogP contribution in [-0.2, 0) is 13.1 Å². The summed E-state index contributed by atoms with van der Waals surface area (Å²) in [7, 11) is 0. The van der Waals surface area contributed by atoms with Crippen molar-refractivity contribution in [2.75, 3.05) is 0 Å². The van der Waals surface area contributed by atoms with Crippen molar-refractivity contribution in [2.24, 2.45) is 0 Å². The summed E-state index contributed by atoms with van der Waals surface area (Å²) in [6.07, 6.45) is 4.56. The average molecular weight is 263 g/mol. The van der Waals surface area contributed by atoms with Crippen LogP contribution in [0.3, 0.4) is 0 Å². The van der Waals surface area contributed by atoms with Crippen LogP contribution in [0.15, 0.2) is 30.5 Å². The first-order valence-corrected chi connectivity index (χ1v) is 6.54. The summed E-state index contributed by atoms with van der Waals surface area (Å²) in [6.45, 7) is 1.51. The van der Waals surface area contributed by atoms with Gasteiger partial charge in [0.15, 0.2) is 0 Å². The maximum Gasteiger partial charge on any atom is 0.0965 e. The third-order valence-corrected chi connectivity index (χ3v) is 3.20. The lowest BCUT2D eigenvalue weighted by molar-refractivity contribution is 0.646. The number of rotatable bonds is 5. The minimum atomic E-state index is 0.697. The molecule has 1 aromatic carbocycles. The maximum absolute atomic E-state index is 5.95. The Bertz CT molecular complexity index is 533. The monoisotopic (exact) mass is 262 g/mol. The lowest BCUT2D eigenvalue weighted by atomic mass is 10.2. The van der Waals surface area contributed by atoms with Gasteiger partial charge in [0.1, 0.15) is 0 Å². The van der Waals surface area contributed by atoms with E-state index in [1.807, 2.05) is 35.1 Å². The van der Waals surface area contributed by atoms with Crippen molar-refractivity contribution in [2.45, 2.75) is 32.0 Å². The molecule has 1 N–H and O–H groups in total. The molecule has 4 nitrogen and oxygen atoms in total. The summed E-state index contributed by atoms with van der Waals surface area (Å²) < 4.78 is 1.84. The van der Waals surface area contributed by atoms with Crippen molar-refractivity contribution in [1.82, 2.24) is 20.3 Å². The van der Waals surface area contributed by atoms with Crippen molar-refractivity contribution < 1.29 is 0 Å². The van der Waals surface area contributed by atoms with Gasteiger partial charge < -0.3 is 5.32 Å².